The van der Waals surface area contributed by atoms with E-state index in [4.69, 9.17) is 17.0 Å². The van der Waals surface area contributed by atoms with Gasteiger partial charge >= 0.3 is 0 Å². The van der Waals surface area contributed by atoms with Crippen LogP contribution in [0.1, 0.15) is 11.1 Å². The molecule has 1 saturated heterocycles. The van der Waals surface area contributed by atoms with E-state index in [9.17, 15) is 9.18 Å². The number of amides is 1. The molecule has 1 aliphatic heterocycles. The van der Waals surface area contributed by atoms with Crippen LogP contribution in [0.4, 0.5) is 10.1 Å². The highest BCUT2D eigenvalue weighted by Crippen LogP contribution is 2.39. The molecule has 0 radical (unpaired) electrons. The Morgan fingerprint density at radius 2 is 1.76 bits per heavy atom. The van der Waals surface area contributed by atoms with Gasteiger partial charge in [0.05, 0.1) is 15.1 Å². The van der Waals surface area contributed by atoms with Crippen LogP contribution >= 0.6 is 39.9 Å². The Kier molecular flexibility index (Phi) is 6.50. The second-order valence-electron chi connectivity index (χ2n) is 7.62. The molecular formula is C27H17BrFNO2S2. The van der Waals surface area contributed by atoms with Gasteiger partial charge in [0.15, 0.2) is 4.32 Å². The van der Waals surface area contributed by atoms with E-state index in [1.165, 1.54) is 23.9 Å². The van der Waals surface area contributed by atoms with Crippen molar-refractivity contribution in [2.24, 2.45) is 0 Å². The maximum absolute atomic E-state index is 13.3. The molecule has 3 nitrogen and oxygen atoms in total. The summed E-state index contributed by atoms with van der Waals surface area (Å²) in [5.74, 6) is 0.240. The van der Waals surface area contributed by atoms with Crippen molar-refractivity contribution in [1.82, 2.24) is 0 Å². The van der Waals surface area contributed by atoms with Crippen LogP contribution in [-0.4, -0.2) is 10.2 Å². The summed E-state index contributed by atoms with van der Waals surface area (Å²) in [4.78, 5) is 15.4. The zero-order valence-electron chi connectivity index (χ0n) is 17.7. The first-order valence-electron chi connectivity index (χ1n) is 10.4. The molecule has 4 aromatic rings. The summed E-state index contributed by atoms with van der Waals surface area (Å²) in [5.41, 5.74) is 2.50. The number of rotatable bonds is 5. The lowest BCUT2D eigenvalue weighted by atomic mass is 10.1. The number of carbonyl (C=O) groups excluding carboxylic acids is 1. The molecular weight excluding hydrogens is 533 g/mol. The predicted octanol–water partition coefficient (Wildman–Crippen LogP) is 7.73. The molecule has 1 heterocycles. The van der Waals surface area contributed by atoms with Crippen LogP contribution in [0.15, 0.2) is 94.3 Å². The standard InChI is InChI=1S/C27H17BrFNO2S2/c28-22-14-18(10-13-24(22)32-16-17-8-11-20(29)12-9-17)15-25-26(31)30(27(33)34-25)23-7-3-5-19-4-1-2-6-21(19)23/h1-15H,16H2/b25-15+. The summed E-state index contributed by atoms with van der Waals surface area (Å²) in [6, 6.07) is 25.6. The van der Waals surface area contributed by atoms with Gasteiger partial charge < -0.3 is 4.74 Å². The van der Waals surface area contributed by atoms with Gasteiger partial charge in [-0.1, -0.05) is 78.6 Å². The van der Waals surface area contributed by atoms with E-state index in [1.54, 1.807) is 17.0 Å². The van der Waals surface area contributed by atoms with E-state index in [-0.39, 0.29) is 11.7 Å². The molecule has 0 aliphatic carbocycles. The quantitative estimate of drug-likeness (QED) is 0.188. The van der Waals surface area contributed by atoms with Crippen molar-refractivity contribution >= 4 is 72.7 Å². The average Bonchev–Trinajstić information content (AvgIpc) is 3.11. The Balaban J connectivity index is 1.36. The number of ether oxygens (including phenoxy) is 1. The Bertz CT molecular complexity index is 1450. The first kappa shape index (κ1) is 22.8. The Hall–Kier alpha value is -3.00. The molecule has 7 heteroatoms. The maximum Gasteiger partial charge on any atom is 0.270 e. The van der Waals surface area contributed by atoms with E-state index in [0.29, 0.717) is 21.6 Å². The van der Waals surface area contributed by atoms with E-state index in [1.807, 2.05) is 66.7 Å². The molecule has 0 aromatic heterocycles. The Morgan fingerprint density at radius 1 is 1.00 bits per heavy atom. The van der Waals surface area contributed by atoms with Gasteiger partial charge in [0, 0.05) is 5.39 Å². The fraction of sp³-hybridized carbons (Fsp3) is 0.0370. The highest BCUT2D eigenvalue weighted by atomic mass is 79.9. The molecule has 4 aromatic carbocycles. The molecule has 0 bridgehead atoms. The van der Waals surface area contributed by atoms with Crippen molar-refractivity contribution in [3.05, 3.63) is 111 Å². The zero-order valence-corrected chi connectivity index (χ0v) is 20.9. The van der Waals surface area contributed by atoms with Crippen LogP contribution in [0.3, 0.4) is 0 Å². The number of anilines is 1. The molecule has 0 unspecified atom stereocenters. The molecule has 5 rings (SSSR count). The summed E-state index contributed by atoms with van der Waals surface area (Å²) in [5, 5.41) is 2.03. The smallest absolute Gasteiger partial charge is 0.270 e. The molecule has 1 aliphatic rings. The van der Waals surface area contributed by atoms with E-state index < -0.39 is 0 Å². The monoisotopic (exact) mass is 549 g/mol. The lowest BCUT2D eigenvalue weighted by molar-refractivity contribution is -0.113. The van der Waals surface area contributed by atoms with Crippen LogP contribution in [0.25, 0.3) is 16.8 Å². The summed E-state index contributed by atoms with van der Waals surface area (Å²) < 4.78 is 20.2. The fourth-order valence-electron chi connectivity index (χ4n) is 3.70. The normalized spacial score (nSPS) is 14.9. The van der Waals surface area contributed by atoms with Crippen molar-refractivity contribution in [3.8, 4) is 5.75 Å². The lowest BCUT2D eigenvalue weighted by Crippen LogP contribution is -2.27. The van der Waals surface area contributed by atoms with Crippen molar-refractivity contribution in [2.75, 3.05) is 4.90 Å². The number of halogens is 2. The third kappa shape index (κ3) is 4.64. The number of hydrogen-bond donors (Lipinski definition) is 0. The van der Waals surface area contributed by atoms with Crippen LogP contribution in [-0.2, 0) is 11.4 Å². The van der Waals surface area contributed by atoms with Gasteiger partial charge in [-0.15, -0.1) is 0 Å². The first-order valence-corrected chi connectivity index (χ1v) is 12.4. The number of fused-ring (bicyclic) bond motifs is 1. The van der Waals surface area contributed by atoms with Gasteiger partial charge in [-0.3, -0.25) is 9.69 Å². The SMILES string of the molecule is O=C1/C(=C\c2ccc(OCc3ccc(F)cc3)c(Br)c2)SC(=S)N1c1cccc2ccccc12. The highest BCUT2D eigenvalue weighted by molar-refractivity contribution is 9.10. The average molecular weight is 550 g/mol. The van der Waals surface area contributed by atoms with E-state index in [2.05, 4.69) is 15.9 Å². The number of benzene rings is 4. The van der Waals surface area contributed by atoms with Crippen molar-refractivity contribution in [2.45, 2.75) is 6.61 Å². The van der Waals surface area contributed by atoms with Gasteiger partial charge in [-0.2, -0.15) is 0 Å². The van der Waals surface area contributed by atoms with Crippen LogP contribution < -0.4 is 9.64 Å². The minimum absolute atomic E-state index is 0.140. The van der Waals surface area contributed by atoms with Crippen molar-refractivity contribution in [1.29, 1.82) is 0 Å². The molecule has 0 saturated carbocycles. The van der Waals surface area contributed by atoms with Gasteiger partial charge in [0.2, 0.25) is 0 Å². The molecule has 34 heavy (non-hydrogen) atoms. The largest absolute Gasteiger partial charge is 0.488 e. The van der Waals surface area contributed by atoms with Crippen LogP contribution in [0, 0.1) is 5.82 Å². The van der Waals surface area contributed by atoms with E-state index in [0.717, 1.165) is 32.1 Å². The van der Waals surface area contributed by atoms with Gasteiger partial charge in [0.1, 0.15) is 18.2 Å². The summed E-state index contributed by atoms with van der Waals surface area (Å²) >= 11 is 10.4. The number of carbonyl (C=O) groups is 1. The number of hydrogen-bond acceptors (Lipinski definition) is 4. The molecule has 1 amide bonds. The molecule has 0 spiro atoms. The third-order valence-electron chi connectivity index (χ3n) is 5.36. The second-order valence-corrected chi connectivity index (χ2v) is 10.2. The number of nitrogens with zero attached hydrogens (tertiary/aromatic N) is 1. The number of thioether (sulfide) groups is 1. The molecule has 0 atom stereocenters. The minimum Gasteiger partial charge on any atom is -0.488 e. The van der Waals surface area contributed by atoms with Crippen molar-refractivity contribution in [3.63, 3.8) is 0 Å². The predicted molar refractivity (Wildman–Crippen MR) is 144 cm³/mol. The first-order chi connectivity index (χ1) is 16.5. The van der Waals surface area contributed by atoms with Gasteiger partial charge in [-0.05, 0) is 68.9 Å². The summed E-state index contributed by atoms with van der Waals surface area (Å²) in [6.07, 6.45) is 1.83. The zero-order chi connectivity index (χ0) is 23.7. The summed E-state index contributed by atoms with van der Waals surface area (Å²) in [6.45, 7) is 0.321. The van der Waals surface area contributed by atoms with Gasteiger partial charge in [0.25, 0.3) is 5.91 Å². The fourth-order valence-corrected chi connectivity index (χ4v) is 5.49. The Labute approximate surface area is 214 Å². The molecule has 0 N–H and O–H groups in total. The Morgan fingerprint density at radius 3 is 2.56 bits per heavy atom. The van der Waals surface area contributed by atoms with Crippen LogP contribution in [0.5, 0.6) is 5.75 Å². The maximum atomic E-state index is 13.3. The number of thiocarbonyl (C=S) groups is 1. The molecule has 168 valence electrons. The van der Waals surface area contributed by atoms with E-state index >= 15 is 0 Å². The van der Waals surface area contributed by atoms with Crippen LogP contribution in [0.2, 0.25) is 0 Å². The third-order valence-corrected chi connectivity index (χ3v) is 7.28. The second kappa shape index (κ2) is 9.70. The minimum atomic E-state index is -0.278. The van der Waals surface area contributed by atoms with Crippen molar-refractivity contribution < 1.29 is 13.9 Å². The topological polar surface area (TPSA) is 29.5 Å². The van der Waals surface area contributed by atoms with Gasteiger partial charge in [-0.25, -0.2) is 4.39 Å². The highest BCUT2D eigenvalue weighted by Gasteiger charge is 2.34. The molecule has 1 fully saturated rings. The summed E-state index contributed by atoms with van der Waals surface area (Å²) in [7, 11) is 0. The lowest BCUT2D eigenvalue weighted by Gasteiger charge is -2.17.